The first-order valence-electron chi connectivity index (χ1n) is 14.0. The molecule has 0 N–H and O–H groups in total. The minimum absolute atomic E-state index is 0.0677. The highest BCUT2D eigenvalue weighted by Crippen LogP contribution is 2.32. The maximum atomic E-state index is 12.9. The van der Waals surface area contributed by atoms with Crippen molar-refractivity contribution in [3.05, 3.63) is 129 Å². The average molecular weight is 662 g/mol. The van der Waals surface area contributed by atoms with E-state index in [2.05, 4.69) is 15.9 Å². The standard InChI is InChI=1S/C18H13ClN2O.C17H12ClF3N2O/c1-2-10-21-16-9-8-14(19)11-15(16)18(20-12-17(21)22)13-6-4-3-5-7-13;18-12-6-7-14-13(8-12)16(11-4-2-1-3-5-11)22-9-15(24)23(14)10-17(19,20)21/h1,3-9,11H,10,12H2;1-8H,9-10H2. The Bertz CT molecular complexity index is 1870. The molecule has 0 aromatic heterocycles. The lowest BCUT2D eigenvalue weighted by molar-refractivity contribution is -0.131. The van der Waals surface area contributed by atoms with Gasteiger partial charge in [0.15, 0.2) is 0 Å². The van der Waals surface area contributed by atoms with Crippen LogP contribution in [0.25, 0.3) is 0 Å². The smallest absolute Gasteiger partial charge is 0.301 e. The molecule has 2 aliphatic rings. The number of aliphatic imine (C=N–C) groups is 2. The normalized spacial score (nSPS) is 14.4. The first kappa shape index (κ1) is 32.5. The molecular weight excluding hydrogens is 636 g/mol. The average Bonchev–Trinajstić information content (AvgIpc) is 3.25. The van der Waals surface area contributed by atoms with E-state index in [1.165, 1.54) is 18.2 Å². The number of rotatable bonds is 4. The van der Waals surface area contributed by atoms with E-state index in [0.717, 1.165) is 22.5 Å². The van der Waals surface area contributed by atoms with E-state index in [9.17, 15) is 22.8 Å². The lowest BCUT2D eigenvalue weighted by Gasteiger charge is -2.24. The zero-order valence-corrected chi connectivity index (χ0v) is 25.7. The number of carbonyl (C=O) groups is 2. The van der Waals surface area contributed by atoms with Gasteiger partial charge in [0, 0.05) is 32.3 Å². The van der Waals surface area contributed by atoms with Crippen molar-refractivity contribution < 1.29 is 22.8 Å². The Morgan fingerprint density at radius 1 is 0.696 bits per heavy atom. The number of amides is 2. The Morgan fingerprint density at radius 3 is 1.57 bits per heavy atom. The molecule has 46 heavy (non-hydrogen) atoms. The third-order valence-electron chi connectivity index (χ3n) is 7.04. The number of alkyl halides is 3. The molecule has 4 aromatic carbocycles. The largest absolute Gasteiger partial charge is 0.406 e. The second kappa shape index (κ2) is 14.0. The van der Waals surface area contributed by atoms with Crippen LogP contribution in [0, 0.1) is 12.3 Å². The van der Waals surface area contributed by atoms with Crippen molar-refractivity contribution in [3.8, 4) is 12.3 Å². The van der Waals surface area contributed by atoms with Crippen LogP contribution in [0.3, 0.4) is 0 Å². The Kier molecular flexibility index (Phi) is 9.90. The molecular formula is C35H25Cl2F3N4O2. The van der Waals surface area contributed by atoms with Gasteiger partial charge in [-0.3, -0.25) is 24.5 Å². The van der Waals surface area contributed by atoms with Crippen LogP contribution in [0.1, 0.15) is 22.3 Å². The van der Waals surface area contributed by atoms with E-state index in [-0.39, 0.29) is 31.2 Å². The molecule has 2 amide bonds. The van der Waals surface area contributed by atoms with Crippen molar-refractivity contribution in [1.82, 2.24) is 0 Å². The number of fused-ring (bicyclic) bond motifs is 2. The molecule has 0 bridgehead atoms. The van der Waals surface area contributed by atoms with Gasteiger partial charge in [-0.15, -0.1) is 6.42 Å². The molecule has 0 saturated carbocycles. The maximum absolute atomic E-state index is 12.9. The third kappa shape index (κ3) is 7.48. The van der Waals surface area contributed by atoms with Crippen molar-refractivity contribution in [2.24, 2.45) is 9.98 Å². The quantitative estimate of drug-likeness (QED) is 0.217. The van der Waals surface area contributed by atoms with Gasteiger partial charge < -0.3 is 4.90 Å². The Labute approximate surface area is 273 Å². The van der Waals surface area contributed by atoms with Crippen molar-refractivity contribution in [1.29, 1.82) is 0 Å². The Hall–Kier alpha value is -4.91. The van der Waals surface area contributed by atoms with Crippen LogP contribution in [0.15, 0.2) is 107 Å². The van der Waals surface area contributed by atoms with E-state index in [4.69, 9.17) is 29.6 Å². The van der Waals surface area contributed by atoms with Crippen molar-refractivity contribution >= 4 is 57.8 Å². The summed E-state index contributed by atoms with van der Waals surface area (Å²) in [5, 5.41) is 0.955. The molecule has 0 saturated heterocycles. The fourth-order valence-electron chi connectivity index (χ4n) is 5.07. The monoisotopic (exact) mass is 660 g/mol. The highest BCUT2D eigenvalue weighted by Gasteiger charge is 2.36. The number of hydrogen-bond acceptors (Lipinski definition) is 4. The molecule has 0 fully saturated rings. The maximum Gasteiger partial charge on any atom is 0.406 e. The molecule has 0 aliphatic carbocycles. The topological polar surface area (TPSA) is 65.3 Å². The Morgan fingerprint density at radius 2 is 1.13 bits per heavy atom. The summed E-state index contributed by atoms with van der Waals surface area (Å²) in [5.41, 5.74) is 4.99. The van der Waals surface area contributed by atoms with Crippen LogP contribution >= 0.6 is 23.2 Å². The van der Waals surface area contributed by atoms with Crippen LogP contribution in [0.5, 0.6) is 0 Å². The summed E-state index contributed by atoms with van der Waals surface area (Å²) in [4.78, 5) is 35.5. The highest BCUT2D eigenvalue weighted by atomic mass is 35.5. The fraction of sp³-hybridized carbons (Fsp3) is 0.143. The molecule has 232 valence electrons. The van der Waals surface area contributed by atoms with E-state index in [1.807, 2.05) is 48.5 Å². The number of hydrogen-bond donors (Lipinski definition) is 0. The van der Waals surface area contributed by atoms with Crippen LogP contribution in [-0.2, 0) is 9.59 Å². The molecule has 0 atom stereocenters. The van der Waals surface area contributed by atoms with Crippen LogP contribution in [-0.4, -0.2) is 55.6 Å². The summed E-state index contributed by atoms with van der Waals surface area (Å²) in [5.74, 6) is 1.70. The third-order valence-corrected chi connectivity index (χ3v) is 7.51. The molecule has 2 aliphatic heterocycles. The van der Waals surface area contributed by atoms with Gasteiger partial charge >= 0.3 is 6.18 Å². The van der Waals surface area contributed by atoms with Gasteiger partial charge in [-0.1, -0.05) is 89.8 Å². The van der Waals surface area contributed by atoms with Gasteiger partial charge in [-0.25, -0.2) is 0 Å². The SMILES string of the molecule is C#CCN1C(=O)CN=C(c2ccccc2)c2cc(Cl)ccc21.O=C1CN=C(c2ccccc2)c2cc(Cl)ccc2N1CC(F)(F)F. The molecule has 0 spiro atoms. The minimum Gasteiger partial charge on any atom is -0.301 e. The predicted molar refractivity (Wildman–Crippen MR) is 176 cm³/mol. The minimum atomic E-state index is -4.51. The van der Waals surface area contributed by atoms with Crippen molar-refractivity contribution in [3.63, 3.8) is 0 Å². The molecule has 6 nitrogen and oxygen atoms in total. The molecule has 0 radical (unpaired) electrons. The molecule has 2 heterocycles. The summed E-state index contributed by atoms with van der Waals surface area (Å²) in [7, 11) is 0. The first-order valence-corrected chi connectivity index (χ1v) is 14.7. The van der Waals surface area contributed by atoms with E-state index >= 15 is 0 Å². The van der Waals surface area contributed by atoms with Crippen LogP contribution in [0.4, 0.5) is 24.5 Å². The summed E-state index contributed by atoms with van der Waals surface area (Å²) < 4.78 is 38.6. The number of anilines is 2. The number of halogens is 5. The zero-order chi connectivity index (χ0) is 32.8. The number of nitrogens with zero attached hydrogens (tertiary/aromatic N) is 4. The second-order valence-corrected chi connectivity index (χ2v) is 11.0. The van der Waals surface area contributed by atoms with Crippen LogP contribution < -0.4 is 9.80 Å². The van der Waals surface area contributed by atoms with Gasteiger partial charge in [0.1, 0.15) is 19.6 Å². The molecule has 0 unspecified atom stereocenters. The number of terminal acetylenes is 1. The molecule has 6 rings (SSSR count). The van der Waals surface area contributed by atoms with Gasteiger partial charge in [-0.2, -0.15) is 13.2 Å². The summed E-state index contributed by atoms with van der Waals surface area (Å²) >= 11 is 12.2. The summed E-state index contributed by atoms with van der Waals surface area (Å²) in [6.45, 7) is -1.44. The number of benzene rings is 4. The number of benzodiazepines with no additional fused rings is 2. The highest BCUT2D eigenvalue weighted by molar-refractivity contribution is 6.32. The lowest BCUT2D eigenvalue weighted by Crippen LogP contribution is -2.40. The van der Waals surface area contributed by atoms with Crippen LogP contribution in [0.2, 0.25) is 10.0 Å². The summed E-state index contributed by atoms with van der Waals surface area (Å²) in [6.07, 6.45) is 0.888. The predicted octanol–water partition coefficient (Wildman–Crippen LogP) is 7.24. The van der Waals surface area contributed by atoms with E-state index in [1.54, 1.807) is 35.2 Å². The Balaban J connectivity index is 0.000000182. The first-order chi connectivity index (χ1) is 22.1. The van der Waals surface area contributed by atoms with Crippen molar-refractivity contribution in [2.75, 3.05) is 36.0 Å². The van der Waals surface area contributed by atoms with Crippen molar-refractivity contribution in [2.45, 2.75) is 6.18 Å². The van der Waals surface area contributed by atoms with Gasteiger partial charge in [0.2, 0.25) is 11.8 Å². The second-order valence-electron chi connectivity index (χ2n) is 10.2. The fourth-order valence-corrected chi connectivity index (χ4v) is 5.42. The van der Waals surface area contributed by atoms with Gasteiger partial charge in [0.05, 0.1) is 29.3 Å². The van der Waals surface area contributed by atoms with Gasteiger partial charge in [-0.05, 0) is 36.4 Å². The molecule has 11 heteroatoms. The zero-order valence-electron chi connectivity index (χ0n) is 24.1. The number of carbonyl (C=O) groups excluding carboxylic acids is 2. The van der Waals surface area contributed by atoms with E-state index < -0.39 is 18.6 Å². The molecule has 4 aromatic rings. The van der Waals surface area contributed by atoms with Gasteiger partial charge in [0.25, 0.3) is 0 Å². The summed E-state index contributed by atoms with van der Waals surface area (Å²) in [6, 6.07) is 28.5. The lowest BCUT2D eigenvalue weighted by atomic mass is 10.00. The van der Waals surface area contributed by atoms with E-state index in [0.29, 0.717) is 31.8 Å².